The minimum Gasteiger partial charge on any atom is -0.333 e. The van der Waals surface area contributed by atoms with Gasteiger partial charge in [0.1, 0.15) is 0 Å². The van der Waals surface area contributed by atoms with Gasteiger partial charge in [0.25, 0.3) is 0 Å². The molecule has 1 aliphatic rings. The van der Waals surface area contributed by atoms with Gasteiger partial charge in [0.2, 0.25) is 5.91 Å². The van der Waals surface area contributed by atoms with Gasteiger partial charge in [-0.15, -0.1) is 0 Å². The van der Waals surface area contributed by atoms with Crippen molar-refractivity contribution in [1.29, 1.82) is 0 Å². The van der Waals surface area contributed by atoms with Gasteiger partial charge >= 0.3 is 0 Å². The molecule has 14 heavy (non-hydrogen) atoms. The molecule has 0 unspecified atom stereocenters. The fraction of sp³-hybridized carbons (Fsp3) is 0.818. The van der Waals surface area contributed by atoms with Crippen molar-refractivity contribution in [3.8, 4) is 0 Å². The van der Waals surface area contributed by atoms with E-state index in [4.69, 9.17) is 0 Å². The summed E-state index contributed by atoms with van der Waals surface area (Å²) >= 11 is 0. The molecule has 0 bridgehead atoms. The minimum absolute atomic E-state index is 0.0161. The Morgan fingerprint density at radius 1 is 1.36 bits per heavy atom. The van der Waals surface area contributed by atoms with Crippen molar-refractivity contribution in [2.24, 2.45) is 11.8 Å². The molecule has 0 spiro atoms. The number of hydrogen-bond acceptors (Lipinski definition) is 2. The van der Waals surface area contributed by atoms with Crippen LogP contribution in [-0.2, 0) is 9.59 Å². The number of rotatable bonds is 2. The molecule has 3 nitrogen and oxygen atoms in total. The second-order valence-electron chi connectivity index (χ2n) is 4.48. The fourth-order valence-electron chi connectivity index (χ4n) is 2.08. The zero-order chi connectivity index (χ0) is 10.9. The number of hydrogen-bond donors (Lipinski definition) is 0. The summed E-state index contributed by atoms with van der Waals surface area (Å²) in [7, 11) is 0. The Morgan fingerprint density at radius 3 is 2.36 bits per heavy atom. The van der Waals surface area contributed by atoms with Gasteiger partial charge < -0.3 is 4.90 Å². The Bertz CT molecular complexity index is 248. The summed E-state index contributed by atoms with van der Waals surface area (Å²) in [6.07, 6.45) is 0.947. The van der Waals surface area contributed by atoms with Gasteiger partial charge in [-0.1, -0.05) is 20.8 Å². The first-order valence-corrected chi connectivity index (χ1v) is 5.26. The quantitative estimate of drug-likeness (QED) is 0.672. The van der Waals surface area contributed by atoms with Crippen LogP contribution in [0.1, 0.15) is 34.1 Å². The normalized spacial score (nSPS) is 27.1. The van der Waals surface area contributed by atoms with Crippen LogP contribution in [0.2, 0.25) is 0 Å². The molecule has 0 aromatic rings. The lowest BCUT2D eigenvalue weighted by molar-refractivity contribution is -0.138. The Balaban J connectivity index is 2.81. The molecular weight excluding hydrogens is 178 g/mol. The summed E-state index contributed by atoms with van der Waals surface area (Å²) in [6.45, 7) is 8.11. The SMILES string of the molecule is CC(=O)N1CC[C@@H](C)[C@H]1C(=O)C(C)C. The smallest absolute Gasteiger partial charge is 0.220 e. The summed E-state index contributed by atoms with van der Waals surface area (Å²) < 4.78 is 0. The Morgan fingerprint density at radius 2 is 1.93 bits per heavy atom. The maximum absolute atomic E-state index is 11.9. The van der Waals surface area contributed by atoms with E-state index in [9.17, 15) is 9.59 Å². The van der Waals surface area contributed by atoms with Crippen molar-refractivity contribution in [2.75, 3.05) is 6.54 Å². The molecule has 2 atom stereocenters. The van der Waals surface area contributed by atoms with Gasteiger partial charge in [-0.05, 0) is 12.3 Å². The number of likely N-dealkylation sites (tertiary alicyclic amines) is 1. The number of Topliss-reactive ketones (excluding diaryl/α,β-unsaturated/α-hetero) is 1. The van der Waals surface area contributed by atoms with Crippen LogP contribution in [0.5, 0.6) is 0 Å². The highest BCUT2D eigenvalue weighted by atomic mass is 16.2. The molecule has 0 aromatic carbocycles. The Hall–Kier alpha value is -0.860. The van der Waals surface area contributed by atoms with Gasteiger partial charge in [-0.3, -0.25) is 9.59 Å². The highest BCUT2D eigenvalue weighted by Crippen LogP contribution is 2.26. The third kappa shape index (κ3) is 1.97. The van der Waals surface area contributed by atoms with Crippen LogP contribution < -0.4 is 0 Å². The topological polar surface area (TPSA) is 37.4 Å². The first-order chi connectivity index (χ1) is 6.45. The maximum atomic E-state index is 11.9. The van der Waals surface area contributed by atoms with Gasteiger partial charge in [0.05, 0.1) is 6.04 Å². The second kappa shape index (κ2) is 4.11. The van der Waals surface area contributed by atoms with E-state index in [1.165, 1.54) is 0 Å². The Labute approximate surface area is 85.5 Å². The van der Waals surface area contributed by atoms with E-state index >= 15 is 0 Å². The molecule has 80 valence electrons. The van der Waals surface area contributed by atoms with Gasteiger partial charge in [0, 0.05) is 19.4 Å². The number of carbonyl (C=O) groups is 2. The predicted molar refractivity (Wildman–Crippen MR) is 54.8 cm³/mol. The summed E-state index contributed by atoms with van der Waals surface area (Å²) in [5.74, 6) is 0.551. The summed E-state index contributed by atoms with van der Waals surface area (Å²) in [4.78, 5) is 24.9. The lowest BCUT2D eigenvalue weighted by atomic mass is 9.93. The molecule has 0 aliphatic carbocycles. The molecule has 0 saturated carbocycles. The van der Waals surface area contributed by atoms with Crippen molar-refractivity contribution in [3.05, 3.63) is 0 Å². The number of amides is 1. The summed E-state index contributed by atoms with van der Waals surface area (Å²) in [5, 5.41) is 0. The fourth-order valence-corrected chi connectivity index (χ4v) is 2.08. The van der Waals surface area contributed by atoms with E-state index in [1.54, 1.807) is 11.8 Å². The molecule has 0 radical (unpaired) electrons. The first kappa shape index (κ1) is 11.2. The van der Waals surface area contributed by atoms with Crippen LogP contribution in [0.25, 0.3) is 0 Å². The molecule has 0 N–H and O–H groups in total. The van der Waals surface area contributed by atoms with Crippen LogP contribution >= 0.6 is 0 Å². The van der Waals surface area contributed by atoms with Crippen LogP contribution in [0, 0.1) is 11.8 Å². The van der Waals surface area contributed by atoms with E-state index in [1.807, 2.05) is 20.8 Å². The molecule has 1 rings (SSSR count). The number of ketones is 1. The zero-order valence-electron chi connectivity index (χ0n) is 9.41. The molecule has 1 heterocycles. The standard InChI is InChI=1S/C11H19NO2/c1-7(2)11(14)10-8(3)5-6-12(10)9(4)13/h7-8,10H,5-6H2,1-4H3/t8-,10+/m1/s1. The summed E-state index contributed by atoms with van der Waals surface area (Å²) in [5.41, 5.74) is 0. The predicted octanol–water partition coefficient (Wildman–Crippen LogP) is 1.47. The van der Waals surface area contributed by atoms with Crippen molar-refractivity contribution in [3.63, 3.8) is 0 Å². The van der Waals surface area contributed by atoms with Gasteiger partial charge in [0.15, 0.2) is 5.78 Å². The third-order valence-electron chi connectivity index (χ3n) is 2.97. The van der Waals surface area contributed by atoms with Crippen LogP contribution in [0.4, 0.5) is 0 Å². The molecular formula is C11H19NO2. The van der Waals surface area contributed by atoms with Crippen LogP contribution in [-0.4, -0.2) is 29.2 Å². The van der Waals surface area contributed by atoms with Crippen molar-refractivity contribution < 1.29 is 9.59 Å². The average Bonchev–Trinajstić information content (AvgIpc) is 2.45. The molecule has 0 aromatic heterocycles. The van der Waals surface area contributed by atoms with Crippen molar-refractivity contribution in [1.82, 2.24) is 4.90 Å². The lowest BCUT2D eigenvalue weighted by Crippen LogP contribution is -2.43. The van der Waals surface area contributed by atoms with Crippen molar-refractivity contribution in [2.45, 2.75) is 40.2 Å². The van der Waals surface area contributed by atoms with Gasteiger partial charge in [-0.2, -0.15) is 0 Å². The largest absolute Gasteiger partial charge is 0.333 e. The van der Waals surface area contributed by atoms with E-state index < -0.39 is 0 Å². The van der Waals surface area contributed by atoms with Crippen molar-refractivity contribution >= 4 is 11.7 Å². The molecule has 3 heteroatoms. The Kier molecular flexibility index (Phi) is 3.29. The van der Waals surface area contributed by atoms with Gasteiger partial charge in [-0.25, -0.2) is 0 Å². The summed E-state index contributed by atoms with van der Waals surface area (Å²) in [6, 6.07) is -0.174. The zero-order valence-corrected chi connectivity index (χ0v) is 9.41. The van der Waals surface area contributed by atoms with E-state index in [0.29, 0.717) is 5.92 Å². The molecule has 1 fully saturated rings. The average molecular weight is 197 g/mol. The van der Waals surface area contributed by atoms with E-state index in [2.05, 4.69) is 0 Å². The van der Waals surface area contributed by atoms with E-state index in [-0.39, 0.29) is 23.7 Å². The second-order valence-corrected chi connectivity index (χ2v) is 4.48. The monoisotopic (exact) mass is 197 g/mol. The molecule has 1 amide bonds. The van der Waals surface area contributed by atoms with E-state index in [0.717, 1.165) is 13.0 Å². The third-order valence-corrected chi connectivity index (χ3v) is 2.97. The minimum atomic E-state index is -0.174. The number of nitrogens with zero attached hydrogens (tertiary/aromatic N) is 1. The molecule has 1 aliphatic heterocycles. The number of carbonyl (C=O) groups excluding carboxylic acids is 2. The lowest BCUT2D eigenvalue weighted by Gasteiger charge is -2.26. The maximum Gasteiger partial charge on any atom is 0.220 e. The van der Waals surface area contributed by atoms with Crippen LogP contribution in [0.3, 0.4) is 0 Å². The van der Waals surface area contributed by atoms with Crippen LogP contribution in [0.15, 0.2) is 0 Å². The highest BCUT2D eigenvalue weighted by molar-refractivity contribution is 5.90. The molecule has 1 saturated heterocycles. The first-order valence-electron chi connectivity index (χ1n) is 5.26. The highest BCUT2D eigenvalue weighted by Gasteiger charge is 2.38.